The Bertz CT molecular complexity index is 653. The van der Waals surface area contributed by atoms with E-state index in [1.807, 2.05) is 36.4 Å². The summed E-state index contributed by atoms with van der Waals surface area (Å²) >= 11 is 1.71. The smallest absolute Gasteiger partial charge is 0.251 e. The van der Waals surface area contributed by atoms with Crippen molar-refractivity contribution in [3.05, 3.63) is 59.7 Å². The number of amides is 1. The van der Waals surface area contributed by atoms with Crippen molar-refractivity contribution < 1.29 is 9.53 Å². The minimum atomic E-state index is -0.0648. The van der Waals surface area contributed by atoms with Crippen LogP contribution in [0.5, 0.6) is 5.75 Å². The number of hydrogen-bond acceptors (Lipinski definition) is 3. The lowest BCUT2D eigenvalue weighted by Crippen LogP contribution is -2.22. The third-order valence-electron chi connectivity index (χ3n) is 4.25. The minimum Gasteiger partial charge on any atom is -0.494 e. The highest BCUT2D eigenvalue weighted by Gasteiger charge is 2.05. The maximum Gasteiger partial charge on any atom is 0.251 e. The van der Waals surface area contributed by atoms with Crippen LogP contribution in [0.25, 0.3) is 0 Å². The Morgan fingerprint density at radius 1 is 0.962 bits per heavy atom. The van der Waals surface area contributed by atoms with Crippen LogP contribution in [-0.4, -0.2) is 18.8 Å². The number of benzene rings is 2. The second-order valence-corrected chi connectivity index (χ2v) is 7.20. The highest BCUT2D eigenvalue weighted by molar-refractivity contribution is 7.98. The highest BCUT2D eigenvalue weighted by atomic mass is 32.2. The number of hydrogen-bond donors (Lipinski definition) is 1. The lowest BCUT2D eigenvalue weighted by molar-refractivity contribution is 0.0951. The molecule has 140 valence electrons. The Morgan fingerprint density at radius 3 is 2.31 bits per heavy atom. The van der Waals surface area contributed by atoms with E-state index in [1.165, 1.54) is 30.6 Å². The van der Waals surface area contributed by atoms with E-state index < -0.39 is 0 Å². The van der Waals surface area contributed by atoms with Gasteiger partial charge in [-0.3, -0.25) is 4.79 Å². The summed E-state index contributed by atoms with van der Waals surface area (Å²) in [7, 11) is 0. The van der Waals surface area contributed by atoms with Crippen molar-refractivity contribution in [1.29, 1.82) is 0 Å². The predicted molar refractivity (Wildman–Crippen MR) is 110 cm³/mol. The third-order valence-corrected chi connectivity index (χ3v) is 4.99. The molecule has 0 aliphatic rings. The standard InChI is InChI=1S/C22H29NO2S/c1-3-4-5-6-7-16-25-20-12-10-19(11-13-20)22(24)23-17-18-8-14-21(26-2)15-9-18/h8-15H,3-7,16-17H2,1-2H3,(H,23,24). The maximum atomic E-state index is 12.3. The molecule has 0 saturated heterocycles. The van der Waals surface area contributed by atoms with Gasteiger partial charge in [-0.15, -0.1) is 11.8 Å². The molecule has 0 saturated carbocycles. The average Bonchev–Trinajstić information content (AvgIpc) is 2.69. The van der Waals surface area contributed by atoms with Crippen molar-refractivity contribution in [2.45, 2.75) is 50.5 Å². The van der Waals surface area contributed by atoms with Gasteiger partial charge < -0.3 is 10.1 Å². The molecule has 0 spiro atoms. The lowest BCUT2D eigenvalue weighted by atomic mass is 10.1. The van der Waals surface area contributed by atoms with Crippen LogP contribution < -0.4 is 10.1 Å². The number of unbranched alkanes of at least 4 members (excludes halogenated alkanes) is 4. The molecule has 0 fully saturated rings. The molecule has 0 atom stereocenters. The fourth-order valence-corrected chi connectivity index (χ4v) is 3.03. The normalized spacial score (nSPS) is 10.5. The molecular formula is C22H29NO2S. The van der Waals surface area contributed by atoms with Gasteiger partial charge in [0.25, 0.3) is 5.91 Å². The van der Waals surface area contributed by atoms with Gasteiger partial charge in [-0.25, -0.2) is 0 Å². The van der Waals surface area contributed by atoms with Gasteiger partial charge in [0.05, 0.1) is 6.61 Å². The Labute approximate surface area is 161 Å². The minimum absolute atomic E-state index is 0.0648. The summed E-state index contributed by atoms with van der Waals surface area (Å²) in [4.78, 5) is 13.5. The monoisotopic (exact) mass is 371 g/mol. The van der Waals surface area contributed by atoms with Crippen LogP contribution in [0, 0.1) is 0 Å². The Hall–Kier alpha value is -1.94. The fraction of sp³-hybridized carbons (Fsp3) is 0.409. The second kappa shape index (κ2) is 11.6. The van der Waals surface area contributed by atoms with E-state index in [-0.39, 0.29) is 5.91 Å². The van der Waals surface area contributed by atoms with Crippen molar-refractivity contribution >= 4 is 17.7 Å². The molecule has 3 nitrogen and oxygen atoms in total. The Morgan fingerprint density at radius 2 is 1.65 bits per heavy atom. The van der Waals surface area contributed by atoms with Crippen molar-refractivity contribution in [1.82, 2.24) is 5.32 Å². The van der Waals surface area contributed by atoms with Crippen LogP contribution in [0.3, 0.4) is 0 Å². The molecule has 2 aromatic carbocycles. The van der Waals surface area contributed by atoms with Crippen molar-refractivity contribution in [3.8, 4) is 5.75 Å². The first-order chi connectivity index (χ1) is 12.7. The van der Waals surface area contributed by atoms with E-state index in [9.17, 15) is 4.79 Å². The van der Waals surface area contributed by atoms with Gasteiger partial charge in [0, 0.05) is 17.0 Å². The van der Waals surface area contributed by atoms with Gasteiger partial charge in [-0.05, 0) is 54.6 Å². The Balaban J connectivity index is 1.73. The molecule has 0 aromatic heterocycles. The second-order valence-electron chi connectivity index (χ2n) is 6.32. The van der Waals surface area contributed by atoms with Crippen LogP contribution in [0.4, 0.5) is 0 Å². The molecule has 26 heavy (non-hydrogen) atoms. The topological polar surface area (TPSA) is 38.3 Å². The average molecular weight is 372 g/mol. The zero-order chi connectivity index (χ0) is 18.6. The van der Waals surface area contributed by atoms with Crippen LogP contribution in [0.15, 0.2) is 53.4 Å². The quantitative estimate of drug-likeness (QED) is 0.407. The van der Waals surface area contributed by atoms with Crippen LogP contribution in [-0.2, 0) is 6.54 Å². The first-order valence-corrected chi connectivity index (χ1v) is 10.6. The summed E-state index contributed by atoms with van der Waals surface area (Å²) in [6.45, 7) is 3.49. The number of rotatable bonds is 11. The molecule has 0 aliphatic carbocycles. The van der Waals surface area contributed by atoms with E-state index in [1.54, 1.807) is 11.8 Å². The predicted octanol–water partition coefficient (Wildman–Crippen LogP) is 5.69. The zero-order valence-electron chi connectivity index (χ0n) is 15.8. The molecule has 2 rings (SSSR count). The summed E-state index contributed by atoms with van der Waals surface area (Å²) < 4.78 is 5.74. The SMILES string of the molecule is CCCCCCCOc1ccc(C(=O)NCc2ccc(SC)cc2)cc1. The largest absolute Gasteiger partial charge is 0.494 e. The molecular weight excluding hydrogens is 342 g/mol. The molecule has 0 radical (unpaired) electrons. The van der Waals surface area contributed by atoms with E-state index in [0.717, 1.165) is 24.3 Å². The van der Waals surface area contributed by atoms with Crippen LogP contribution in [0.2, 0.25) is 0 Å². The summed E-state index contributed by atoms with van der Waals surface area (Å²) in [6, 6.07) is 15.6. The van der Waals surface area contributed by atoms with Crippen molar-refractivity contribution in [2.24, 2.45) is 0 Å². The van der Waals surface area contributed by atoms with Gasteiger partial charge in [-0.1, -0.05) is 44.7 Å². The molecule has 0 heterocycles. The molecule has 2 aromatic rings. The molecule has 4 heteroatoms. The van der Waals surface area contributed by atoms with Gasteiger partial charge in [0.1, 0.15) is 5.75 Å². The van der Waals surface area contributed by atoms with E-state index in [4.69, 9.17) is 4.74 Å². The van der Waals surface area contributed by atoms with Gasteiger partial charge in [0.15, 0.2) is 0 Å². The summed E-state index contributed by atoms with van der Waals surface area (Å²) in [5.74, 6) is 0.759. The van der Waals surface area contributed by atoms with Gasteiger partial charge in [0.2, 0.25) is 0 Å². The zero-order valence-corrected chi connectivity index (χ0v) is 16.6. The van der Waals surface area contributed by atoms with Gasteiger partial charge in [-0.2, -0.15) is 0 Å². The maximum absolute atomic E-state index is 12.3. The van der Waals surface area contributed by atoms with Crippen molar-refractivity contribution in [2.75, 3.05) is 12.9 Å². The number of ether oxygens (including phenoxy) is 1. The van der Waals surface area contributed by atoms with E-state index >= 15 is 0 Å². The molecule has 0 bridgehead atoms. The molecule has 1 N–H and O–H groups in total. The first kappa shape index (κ1) is 20.4. The highest BCUT2D eigenvalue weighted by Crippen LogP contribution is 2.16. The van der Waals surface area contributed by atoms with Crippen LogP contribution >= 0.6 is 11.8 Å². The van der Waals surface area contributed by atoms with Crippen molar-refractivity contribution in [3.63, 3.8) is 0 Å². The molecule has 0 aliphatic heterocycles. The fourth-order valence-electron chi connectivity index (χ4n) is 2.63. The number of nitrogens with one attached hydrogen (secondary N) is 1. The molecule has 0 unspecified atom stereocenters. The van der Waals surface area contributed by atoms with E-state index in [2.05, 4.69) is 30.6 Å². The summed E-state index contributed by atoms with van der Waals surface area (Å²) in [6.07, 6.45) is 8.18. The van der Waals surface area contributed by atoms with Gasteiger partial charge >= 0.3 is 0 Å². The lowest BCUT2D eigenvalue weighted by Gasteiger charge is -2.08. The van der Waals surface area contributed by atoms with Crippen LogP contribution in [0.1, 0.15) is 54.9 Å². The number of thioether (sulfide) groups is 1. The first-order valence-electron chi connectivity index (χ1n) is 9.37. The number of carbonyl (C=O) groups is 1. The third kappa shape index (κ3) is 7.12. The molecule has 1 amide bonds. The Kier molecular flexibility index (Phi) is 9.11. The summed E-state index contributed by atoms with van der Waals surface area (Å²) in [5, 5.41) is 2.96. The number of carbonyl (C=O) groups excluding carboxylic acids is 1. The van der Waals surface area contributed by atoms with E-state index in [0.29, 0.717) is 12.1 Å². The summed E-state index contributed by atoms with van der Waals surface area (Å²) in [5.41, 5.74) is 1.75.